The van der Waals surface area contributed by atoms with Crippen LogP contribution >= 0.6 is 28.5 Å². The van der Waals surface area contributed by atoms with Crippen LogP contribution in [0.3, 0.4) is 0 Å². The molecule has 0 aromatic carbocycles. The first kappa shape index (κ1) is 50.2. The molecule has 2 rings (SSSR count). The van der Waals surface area contributed by atoms with Crippen molar-refractivity contribution in [2.45, 2.75) is 199 Å². The number of rotatable bonds is 13. The fraction of sp³-hybridized carbons (Fsp3) is 0.952. The van der Waals surface area contributed by atoms with Gasteiger partial charge in [-0.1, -0.05) is 83.1 Å². The molecule has 9 heteroatoms. The molecule has 6 unspecified atom stereocenters. The quantitative estimate of drug-likeness (QED) is 0.105. The summed E-state index contributed by atoms with van der Waals surface area (Å²) in [6.07, 6.45) is 11.5. The van der Waals surface area contributed by atoms with Gasteiger partial charge in [-0.3, -0.25) is 9.98 Å². The molecule has 0 spiro atoms. The normalized spacial score (nSPS) is 26.6. The second-order valence-corrected chi connectivity index (χ2v) is 36.2. The van der Waals surface area contributed by atoms with E-state index in [4.69, 9.17) is 18.8 Å². The first-order chi connectivity index (χ1) is 23.0. The van der Waals surface area contributed by atoms with Crippen LogP contribution < -0.4 is 0 Å². The van der Waals surface area contributed by atoms with Gasteiger partial charge in [0.2, 0.25) is 0 Å². The van der Waals surface area contributed by atoms with E-state index in [1.807, 2.05) is 0 Å². The third kappa shape index (κ3) is 19.7. The molecule has 51 heavy (non-hydrogen) atoms. The Bertz CT molecular complexity index is 991. The molecule has 2 saturated carbocycles. The molecule has 0 saturated heterocycles. The third-order valence-electron chi connectivity index (χ3n) is 11.5. The van der Waals surface area contributed by atoms with Crippen LogP contribution in [0.5, 0.6) is 0 Å². The topological polar surface area (TPSA) is 43.2 Å². The molecule has 0 aliphatic heterocycles. The van der Waals surface area contributed by atoms with Gasteiger partial charge in [0.05, 0.1) is 23.5 Å². The Kier molecular flexibility index (Phi) is 20.7. The summed E-state index contributed by atoms with van der Waals surface area (Å²) in [4.78, 5) is 11.9. The van der Waals surface area contributed by atoms with E-state index >= 15 is 0 Å². The molecule has 0 amide bonds. The van der Waals surface area contributed by atoms with E-state index in [-0.39, 0.29) is 10.8 Å². The van der Waals surface area contributed by atoms with Gasteiger partial charge >= 0.3 is 39.3 Å². The van der Waals surface area contributed by atoms with Crippen molar-refractivity contribution in [3.63, 3.8) is 0 Å². The summed E-state index contributed by atoms with van der Waals surface area (Å²) in [5, 5.41) is 0. The van der Waals surface area contributed by atoms with Gasteiger partial charge in [0.15, 0.2) is 16.6 Å². The van der Waals surface area contributed by atoms with Gasteiger partial charge in [-0.2, -0.15) is 0 Å². The summed E-state index contributed by atoms with van der Waals surface area (Å²) < 4.78 is 12.8. The Morgan fingerprint density at radius 2 is 0.843 bits per heavy atom. The molecule has 2 aliphatic rings. The van der Waals surface area contributed by atoms with Gasteiger partial charge in [0.1, 0.15) is 0 Å². The number of hydrogen-bond acceptors (Lipinski definition) is 4. The van der Waals surface area contributed by atoms with Gasteiger partial charge < -0.3 is 8.85 Å². The van der Waals surface area contributed by atoms with Crippen molar-refractivity contribution in [2.24, 2.45) is 55.3 Å². The average Bonchev–Trinajstić information content (AvgIpc) is 2.93. The van der Waals surface area contributed by atoms with E-state index in [2.05, 4.69) is 151 Å². The Labute approximate surface area is 341 Å². The fourth-order valence-corrected chi connectivity index (χ4v) is 9.89. The number of nitrogens with zero attached hydrogens (tertiary/aromatic N) is 2. The van der Waals surface area contributed by atoms with Crippen LogP contribution in [-0.4, -0.2) is 53.4 Å². The van der Waals surface area contributed by atoms with Crippen LogP contribution in [0.1, 0.15) is 147 Å². The zero-order valence-electron chi connectivity index (χ0n) is 36.7. The average molecular weight is 924 g/mol. The van der Waals surface area contributed by atoms with Crippen LogP contribution in [-0.2, 0) is 19.7 Å². The molecule has 0 aromatic rings. The van der Waals surface area contributed by atoms with Crippen molar-refractivity contribution in [1.29, 1.82) is 0 Å². The molecular formula is C42H84Br2N2NiO2Si2. The van der Waals surface area contributed by atoms with E-state index in [0.29, 0.717) is 46.6 Å². The molecule has 0 heterocycles. The second-order valence-electron chi connectivity index (χ2n) is 22.2. The maximum atomic E-state index is 6.41. The van der Waals surface area contributed by atoms with Crippen LogP contribution in [0.4, 0.5) is 0 Å². The van der Waals surface area contributed by atoms with E-state index < -0.39 is 16.6 Å². The predicted molar refractivity (Wildman–Crippen MR) is 237 cm³/mol. The van der Waals surface area contributed by atoms with Gasteiger partial charge in [-0.05, 0) is 149 Å². The van der Waals surface area contributed by atoms with Crippen molar-refractivity contribution in [2.75, 3.05) is 13.2 Å². The molecule has 4 nitrogen and oxygen atoms in total. The molecule has 6 atom stereocenters. The summed E-state index contributed by atoms with van der Waals surface area (Å²) >= 11 is 6.00. The zero-order valence-corrected chi connectivity index (χ0v) is 42.9. The zero-order chi connectivity index (χ0) is 39.6. The second kappa shape index (κ2) is 21.1. The van der Waals surface area contributed by atoms with E-state index in [9.17, 15) is 0 Å². The molecule has 0 bridgehead atoms. The van der Waals surface area contributed by atoms with Crippen LogP contribution in [0.25, 0.3) is 0 Å². The Balaban J connectivity index is 0.00000418. The summed E-state index contributed by atoms with van der Waals surface area (Å²) in [5.74, 6) is 2.57. The third-order valence-corrected chi connectivity index (χ3v) is 13.6. The van der Waals surface area contributed by atoms with Crippen LogP contribution in [0, 0.1) is 45.3 Å². The molecule has 0 N–H and O–H groups in total. The number of aliphatic imine (C=N–C) groups is 2. The Hall–Kier alpha value is 1.15. The molecular weight excluding hydrogens is 839 g/mol. The van der Waals surface area contributed by atoms with E-state index in [1.54, 1.807) is 0 Å². The van der Waals surface area contributed by atoms with Gasteiger partial charge in [-0.25, -0.2) is 0 Å². The van der Waals surface area contributed by atoms with Gasteiger partial charge in [-0.15, -0.1) is 0 Å². The summed E-state index contributed by atoms with van der Waals surface area (Å²) in [7, 11) is -1.91. The number of halogens is 2. The van der Waals surface area contributed by atoms with Gasteiger partial charge in [0, 0.05) is 13.2 Å². The minimum absolute atomic E-state index is 0.228. The van der Waals surface area contributed by atoms with E-state index in [1.165, 1.54) is 60.8 Å². The molecule has 306 valence electrons. The summed E-state index contributed by atoms with van der Waals surface area (Å²) in [6.45, 7) is 44.8. The molecule has 0 aromatic heterocycles. The van der Waals surface area contributed by atoms with Crippen molar-refractivity contribution in [1.82, 2.24) is 0 Å². The van der Waals surface area contributed by atoms with Crippen molar-refractivity contribution >= 4 is 56.5 Å². The molecule has 0 radical (unpaired) electrons. The summed E-state index contributed by atoms with van der Waals surface area (Å²) in [6, 6.07) is 0.679. The van der Waals surface area contributed by atoms with Crippen molar-refractivity contribution < 1.29 is 19.7 Å². The monoisotopic (exact) mass is 920 g/mol. The first-order valence-corrected chi connectivity index (χ1v) is 31.9. The molecule has 2 aliphatic carbocycles. The fourth-order valence-electron chi connectivity index (χ4n) is 8.38. The molecule has 2 fully saturated rings. The Morgan fingerprint density at radius 1 is 0.549 bits per heavy atom. The SMILES string of the molecule is CC(C)(C)C1CCC(C(C)(C)C)C(N=C(CCCO[Si](C)(C)C)C(CCCO[Si](C)(C)C)=NC2CC(C(C)(C)C)CCC2C(C)(C)C)C1.[Br][Ni][Br]. The number of hydrogen-bond donors (Lipinski definition) is 0. The van der Waals surface area contributed by atoms with Crippen molar-refractivity contribution in [3.8, 4) is 0 Å². The minimum atomic E-state index is -1.58. The van der Waals surface area contributed by atoms with Gasteiger partial charge in [0.25, 0.3) is 0 Å². The van der Waals surface area contributed by atoms with Crippen molar-refractivity contribution in [3.05, 3.63) is 0 Å². The Morgan fingerprint density at radius 3 is 1.08 bits per heavy atom. The maximum absolute atomic E-state index is 6.41. The summed E-state index contributed by atoms with van der Waals surface area (Å²) in [5.41, 5.74) is 3.65. The first-order valence-electron chi connectivity index (χ1n) is 20.2. The van der Waals surface area contributed by atoms with Crippen LogP contribution in [0.2, 0.25) is 39.3 Å². The van der Waals surface area contributed by atoms with Crippen LogP contribution in [0.15, 0.2) is 9.98 Å². The predicted octanol–water partition coefficient (Wildman–Crippen LogP) is 14.6. The standard InChI is InChI=1S/C42H84N2O2Si2.2BrH.Ni/c1-39(2,3)31-23-25-33(41(7,8)9)37(29-31)43-35(21-19-27-45-47(13,14)15)36(22-20-28-46-48(16,17)18)44-38-30-32(40(4,5)6)24-26-34(38)42(10,11)12;;;/h31-34,37-38H,19-30H2,1-18H3;2*1H;/q;;;+2/p-2. The van der Waals surface area contributed by atoms with E-state index in [0.717, 1.165) is 38.9 Å².